The first-order valence-corrected chi connectivity index (χ1v) is 11.8. The lowest BCUT2D eigenvalue weighted by Gasteiger charge is -2.26. The second-order valence-corrected chi connectivity index (χ2v) is 9.86. The van der Waals surface area contributed by atoms with E-state index >= 15 is 4.39 Å². The van der Waals surface area contributed by atoms with Gasteiger partial charge in [0, 0.05) is 44.1 Å². The maximum Gasteiger partial charge on any atom is 0.348 e. The first-order valence-electron chi connectivity index (χ1n) is 11.8. The zero-order valence-corrected chi connectivity index (χ0v) is 19.8. The highest BCUT2D eigenvalue weighted by molar-refractivity contribution is 5.89. The van der Waals surface area contributed by atoms with Crippen LogP contribution < -0.4 is 15.9 Å². The number of nitrogens with one attached hydrogen (secondary N) is 2. The number of ketones is 1. The number of H-pyrrole nitrogens is 1. The van der Waals surface area contributed by atoms with Gasteiger partial charge in [0.2, 0.25) is 0 Å². The van der Waals surface area contributed by atoms with Gasteiger partial charge in [-0.25, -0.2) is 18.9 Å². The summed E-state index contributed by atoms with van der Waals surface area (Å²) < 4.78 is 16.7. The zero-order valence-electron chi connectivity index (χ0n) is 19.8. The number of hydrogen-bond donors (Lipinski definition) is 2. The van der Waals surface area contributed by atoms with Gasteiger partial charge >= 0.3 is 5.69 Å². The Bertz CT molecular complexity index is 1300. The highest BCUT2D eigenvalue weighted by Crippen LogP contribution is 2.42. The Morgan fingerprint density at radius 1 is 1.21 bits per heavy atom. The van der Waals surface area contributed by atoms with Crippen LogP contribution in [0.2, 0.25) is 0 Å². The molecule has 2 N–H and O–H groups in total. The third-order valence-electron chi connectivity index (χ3n) is 7.15. The van der Waals surface area contributed by atoms with Crippen LogP contribution in [-0.4, -0.2) is 47.7 Å². The van der Waals surface area contributed by atoms with Gasteiger partial charge in [-0.15, -0.1) is 0 Å². The molecule has 1 aromatic heterocycles. The van der Waals surface area contributed by atoms with Crippen LogP contribution in [0.15, 0.2) is 41.2 Å². The summed E-state index contributed by atoms with van der Waals surface area (Å²) in [6, 6.07) is 10.9. The minimum Gasteiger partial charge on any atom is -0.377 e. The molecule has 2 heterocycles. The molecule has 0 spiro atoms. The summed E-state index contributed by atoms with van der Waals surface area (Å²) in [5.74, 6) is 0.230. The van der Waals surface area contributed by atoms with Crippen LogP contribution in [-0.2, 0) is 11.2 Å². The molecule has 5 rings (SSSR count). The van der Waals surface area contributed by atoms with Crippen molar-refractivity contribution in [3.8, 4) is 16.8 Å². The van der Waals surface area contributed by atoms with Gasteiger partial charge in [-0.3, -0.25) is 4.79 Å². The number of rotatable bonds is 7. The van der Waals surface area contributed by atoms with Crippen LogP contribution in [0.1, 0.15) is 30.7 Å². The Morgan fingerprint density at radius 3 is 2.56 bits per heavy atom. The van der Waals surface area contributed by atoms with E-state index in [1.165, 1.54) is 10.6 Å². The number of carbonyl (C=O) groups is 1. The summed E-state index contributed by atoms with van der Waals surface area (Å²) in [6.07, 6.45) is 2.87. The molecule has 178 valence electrons. The fourth-order valence-corrected chi connectivity index (χ4v) is 5.17. The molecule has 1 atom stereocenters. The van der Waals surface area contributed by atoms with E-state index in [0.717, 1.165) is 41.8 Å². The Balaban J connectivity index is 1.48. The zero-order chi connectivity index (χ0) is 24.0. The molecule has 2 fully saturated rings. The molecule has 0 bridgehead atoms. The van der Waals surface area contributed by atoms with Crippen molar-refractivity contribution in [2.45, 2.75) is 32.6 Å². The highest BCUT2D eigenvalue weighted by Gasteiger charge is 2.48. The Morgan fingerprint density at radius 2 is 1.94 bits per heavy atom. The van der Waals surface area contributed by atoms with Crippen molar-refractivity contribution in [3.63, 3.8) is 0 Å². The van der Waals surface area contributed by atoms with Gasteiger partial charge in [0.05, 0.1) is 5.69 Å². The largest absolute Gasteiger partial charge is 0.377 e. The molecule has 2 aliphatic rings. The fraction of sp³-hybridized carbons (Fsp3) is 0.423. The summed E-state index contributed by atoms with van der Waals surface area (Å²) in [4.78, 5) is 27.8. The van der Waals surface area contributed by atoms with Crippen molar-refractivity contribution >= 4 is 11.5 Å². The van der Waals surface area contributed by atoms with Crippen molar-refractivity contribution in [3.05, 3.63) is 64.1 Å². The molecule has 7 nitrogen and oxygen atoms in total. The number of halogens is 1. The number of Topliss-reactive ketones (excluding diaryl/α,β-unsaturated/α-hetero) is 1. The van der Waals surface area contributed by atoms with E-state index in [1.807, 2.05) is 50.2 Å². The lowest BCUT2D eigenvalue weighted by Crippen LogP contribution is -2.38. The smallest absolute Gasteiger partial charge is 0.348 e. The van der Waals surface area contributed by atoms with Crippen LogP contribution in [0.3, 0.4) is 0 Å². The third-order valence-corrected chi connectivity index (χ3v) is 7.15. The van der Waals surface area contributed by atoms with E-state index < -0.39 is 16.9 Å². The molecule has 3 aromatic rings. The van der Waals surface area contributed by atoms with Crippen LogP contribution >= 0.6 is 0 Å². The Hall–Kier alpha value is -3.26. The molecule has 0 radical (unpaired) electrons. The van der Waals surface area contributed by atoms with Crippen LogP contribution in [0.5, 0.6) is 0 Å². The summed E-state index contributed by atoms with van der Waals surface area (Å²) in [5.41, 5.74) is 2.87. The van der Waals surface area contributed by atoms with Crippen molar-refractivity contribution in [1.29, 1.82) is 0 Å². The molecule has 1 aliphatic carbocycles. The second-order valence-electron chi connectivity index (χ2n) is 9.86. The van der Waals surface area contributed by atoms with E-state index in [0.29, 0.717) is 25.2 Å². The van der Waals surface area contributed by atoms with Crippen molar-refractivity contribution in [2.75, 3.05) is 32.1 Å². The van der Waals surface area contributed by atoms with Crippen LogP contribution in [0.25, 0.3) is 16.8 Å². The lowest BCUT2D eigenvalue weighted by atomic mass is 9.77. The number of carbonyl (C=O) groups excluding carboxylic acids is 1. The van der Waals surface area contributed by atoms with Crippen molar-refractivity contribution in [1.82, 2.24) is 20.1 Å². The molecule has 8 heteroatoms. The standard InChI is InChI=1S/C26H30FN5O2/c1-16-12-18(6-8-21(16)31(2)3)19-7-9-22(20(27)13-19)32-23(29-30-25(32)34)14-26(10-11-28-15-26)24(33)17-4-5-17/h6-9,12-13,17,28H,4-5,10-11,14-15H2,1-3H3,(H,30,34)/t26-/m0/s1. The average Bonchev–Trinajstić information content (AvgIpc) is 3.45. The minimum absolute atomic E-state index is 0.109. The monoisotopic (exact) mass is 463 g/mol. The summed E-state index contributed by atoms with van der Waals surface area (Å²) in [6.45, 7) is 3.34. The first-order chi connectivity index (χ1) is 16.3. The number of anilines is 1. The predicted octanol–water partition coefficient (Wildman–Crippen LogP) is 3.24. The molecule has 0 unspecified atom stereocenters. The van der Waals surface area contributed by atoms with Crippen molar-refractivity contribution < 1.29 is 9.18 Å². The number of aryl methyl sites for hydroxylation is 1. The Labute approximate surface area is 198 Å². The lowest BCUT2D eigenvalue weighted by molar-refractivity contribution is -0.129. The van der Waals surface area contributed by atoms with Crippen molar-refractivity contribution in [2.24, 2.45) is 11.3 Å². The van der Waals surface area contributed by atoms with E-state index in [9.17, 15) is 9.59 Å². The van der Waals surface area contributed by atoms with Gasteiger partial charge in [-0.2, -0.15) is 5.10 Å². The topological polar surface area (TPSA) is 83.0 Å². The molecule has 0 amide bonds. The molecule has 1 saturated carbocycles. The highest BCUT2D eigenvalue weighted by atomic mass is 19.1. The first kappa shape index (κ1) is 22.5. The molecule has 34 heavy (non-hydrogen) atoms. The van der Waals surface area contributed by atoms with Crippen LogP contribution in [0.4, 0.5) is 10.1 Å². The quantitative estimate of drug-likeness (QED) is 0.562. The number of aromatic amines is 1. The third kappa shape index (κ3) is 3.96. The van der Waals surface area contributed by atoms with Gasteiger partial charge in [0.15, 0.2) is 0 Å². The van der Waals surface area contributed by atoms with E-state index in [-0.39, 0.29) is 17.4 Å². The van der Waals surface area contributed by atoms with E-state index in [1.54, 1.807) is 6.07 Å². The predicted molar refractivity (Wildman–Crippen MR) is 130 cm³/mol. The maximum absolute atomic E-state index is 15.4. The fourth-order valence-electron chi connectivity index (χ4n) is 5.17. The molecular formula is C26H30FN5O2. The normalized spacial score (nSPS) is 20.0. The van der Waals surface area contributed by atoms with E-state index in [4.69, 9.17) is 0 Å². The number of aromatic nitrogens is 3. The molecular weight excluding hydrogens is 433 g/mol. The molecule has 1 aliphatic heterocycles. The Kier molecular flexibility index (Phi) is 5.64. The molecule has 1 saturated heterocycles. The average molecular weight is 464 g/mol. The molecule has 2 aromatic carbocycles. The SMILES string of the molecule is Cc1cc(-c2ccc(-n3c(C[C@@]4(C(=O)C5CC5)CCNC4)n[nH]c3=O)c(F)c2)ccc1N(C)C. The van der Waals surface area contributed by atoms with Gasteiger partial charge in [0.1, 0.15) is 17.4 Å². The van der Waals surface area contributed by atoms with Gasteiger partial charge < -0.3 is 10.2 Å². The number of hydrogen-bond acceptors (Lipinski definition) is 5. The van der Waals surface area contributed by atoms with Gasteiger partial charge in [-0.1, -0.05) is 12.1 Å². The second kappa shape index (κ2) is 8.51. The van der Waals surface area contributed by atoms with E-state index in [2.05, 4.69) is 15.5 Å². The summed E-state index contributed by atoms with van der Waals surface area (Å²) >= 11 is 0. The number of benzene rings is 2. The minimum atomic E-state index is -0.591. The maximum atomic E-state index is 15.4. The number of nitrogens with zero attached hydrogens (tertiary/aromatic N) is 3. The van der Waals surface area contributed by atoms with Gasteiger partial charge in [-0.05, 0) is 73.7 Å². The summed E-state index contributed by atoms with van der Waals surface area (Å²) in [7, 11) is 3.97. The van der Waals surface area contributed by atoms with Gasteiger partial charge in [0.25, 0.3) is 0 Å². The van der Waals surface area contributed by atoms with Crippen LogP contribution in [0, 0.1) is 24.1 Å². The summed E-state index contributed by atoms with van der Waals surface area (Å²) in [5, 5.41) is 9.95.